The highest BCUT2D eigenvalue weighted by Crippen LogP contribution is 2.24. The minimum absolute atomic E-state index is 0.421. The zero-order valence-electron chi connectivity index (χ0n) is 10.8. The summed E-state index contributed by atoms with van der Waals surface area (Å²) in [6.45, 7) is 3.73. The van der Waals surface area contributed by atoms with Crippen LogP contribution in [0.2, 0.25) is 0 Å². The summed E-state index contributed by atoms with van der Waals surface area (Å²) in [5, 5.41) is 0. The van der Waals surface area contributed by atoms with E-state index in [-0.39, 0.29) is 0 Å². The molecule has 1 saturated heterocycles. The molecule has 0 bridgehead atoms. The third-order valence-corrected chi connectivity index (χ3v) is 4.20. The molecule has 2 N–H and O–H groups in total. The molecule has 0 aromatic heterocycles. The molecule has 0 radical (unpaired) electrons. The molecule has 2 heterocycles. The van der Waals surface area contributed by atoms with Crippen molar-refractivity contribution in [3.8, 4) is 0 Å². The number of fused-ring (bicyclic) bond motifs is 1. The molecule has 2 atom stereocenters. The Bertz CT molecular complexity index is 401. The first-order chi connectivity index (χ1) is 8.86. The minimum atomic E-state index is 0.421. The van der Waals surface area contributed by atoms with E-state index < -0.39 is 0 Å². The zero-order valence-corrected chi connectivity index (χ0v) is 10.8. The summed E-state index contributed by atoms with van der Waals surface area (Å²) in [5.41, 5.74) is 8.87. The smallest absolute Gasteiger partial charge is 0.0703 e. The topological polar surface area (TPSA) is 38.5 Å². The maximum atomic E-state index is 5.94. The Morgan fingerprint density at radius 1 is 1.28 bits per heavy atom. The van der Waals surface area contributed by atoms with Crippen molar-refractivity contribution in [1.82, 2.24) is 4.90 Å². The third kappa shape index (κ3) is 2.44. The van der Waals surface area contributed by atoms with Crippen molar-refractivity contribution in [1.29, 1.82) is 0 Å². The van der Waals surface area contributed by atoms with Crippen LogP contribution in [-0.2, 0) is 17.7 Å². The first-order valence-electron chi connectivity index (χ1n) is 6.99. The van der Waals surface area contributed by atoms with Crippen LogP contribution in [0, 0.1) is 0 Å². The van der Waals surface area contributed by atoms with Crippen LogP contribution in [0.15, 0.2) is 24.3 Å². The Morgan fingerprint density at radius 3 is 2.83 bits per heavy atom. The van der Waals surface area contributed by atoms with Gasteiger partial charge in [0.05, 0.1) is 6.10 Å². The fraction of sp³-hybridized carbons (Fsp3) is 0.600. The first-order valence-corrected chi connectivity index (χ1v) is 6.99. The van der Waals surface area contributed by atoms with E-state index in [9.17, 15) is 0 Å². The predicted octanol–water partition coefficient (Wildman–Crippen LogP) is 1.55. The van der Waals surface area contributed by atoms with Crippen LogP contribution in [0.1, 0.15) is 24.0 Å². The van der Waals surface area contributed by atoms with Crippen LogP contribution < -0.4 is 5.73 Å². The molecule has 2 aliphatic rings. The number of nitrogens with two attached hydrogens (primary N) is 1. The van der Waals surface area contributed by atoms with E-state index in [0.29, 0.717) is 12.1 Å². The van der Waals surface area contributed by atoms with Gasteiger partial charge in [-0.25, -0.2) is 0 Å². The van der Waals surface area contributed by atoms with E-state index in [1.807, 2.05) is 0 Å². The molecule has 2 unspecified atom stereocenters. The fourth-order valence-corrected chi connectivity index (χ4v) is 3.14. The minimum Gasteiger partial charge on any atom is -0.377 e. The van der Waals surface area contributed by atoms with E-state index in [4.69, 9.17) is 10.5 Å². The third-order valence-electron chi connectivity index (χ3n) is 4.20. The molecule has 1 fully saturated rings. The van der Waals surface area contributed by atoms with Crippen LogP contribution >= 0.6 is 0 Å². The predicted molar refractivity (Wildman–Crippen MR) is 72.4 cm³/mol. The normalized spacial score (nSPS) is 28.3. The van der Waals surface area contributed by atoms with Crippen molar-refractivity contribution in [3.05, 3.63) is 35.4 Å². The number of nitrogens with zero attached hydrogens (tertiary/aromatic N) is 1. The van der Waals surface area contributed by atoms with Crippen molar-refractivity contribution in [2.45, 2.75) is 38.0 Å². The summed E-state index contributed by atoms with van der Waals surface area (Å²) in [6, 6.07) is 9.21. The standard InChI is InChI=1S/C15H22N2O/c16-9-14-8-12-4-1-2-5-13(12)10-17(14)11-15-6-3-7-18-15/h1-2,4-5,14-15H,3,6-11,16H2. The highest BCUT2D eigenvalue weighted by atomic mass is 16.5. The Kier molecular flexibility index (Phi) is 3.64. The molecule has 2 aliphatic heterocycles. The SMILES string of the molecule is NCC1Cc2ccccc2CN1CC1CCCO1. The summed E-state index contributed by atoms with van der Waals surface area (Å²) in [5.74, 6) is 0. The lowest BCUT2D eigenvalue weighted by molar-refractivity contribution is 0.0508. The zero-order chi connectivity index (χ0) is 12.4. The van der Waals surface area contributed by atoms with Crippen molar-refractivity contribution < 1.29 is 4.74 Å². The molecule has 1 aromatic carbocycles. The quantitative estimate of drug-likeness (QED) is 0.879. The lowest BCUT2D eigenvalue weighted by Gasteiger charge is -2.37. The van der Waals surface area contributed by atoms with Gasteiger partial charge in [-0.15, -0.1) is 0 Å². The lowest BCUT2D eigenvalue weighted by Crippen LogP contribution is -2.47. The van der Waals surface area contributed by atoms with Gasteiger partial charge in [0.1, 0.15) is 0 Å². The average molecular weight is 246 g/mol. The monoisotopic (exact) mass is 246 g/mol. The summed E-state index contributed by atoms with van der Waals surface area (Å²) in [6.07, 6.45) is 3.92. The van der Waals surface area contributed by atoms with E-state index in [2.05, 4.69) is 29.2 Å². The second-order valence-electron chi connectivity index (χ2n) is 5.43. The Labute approximate surface area is 109 Å². The highest BCUT2D eigenvalue weighted by Gasteiger charge is 2.28. The van der Waals surface area contributed by atoms with Gasteiger partial charge < -0.3 is 10.5 Å². The maximum absolute atomic E-state index is 5.94. The Morgan fingerprint density at radius 2 is 2.11 bits per heavy atom. The van der Waals surface area contributed by atoms with Gasteiger partial charge in [0.2, 0.25) is 0 Å². The number of benzene rings is 1. The van der Waals surface area contributed by atoms with E-state index >= 15 is 0 Å². The van der Waals surface area contributed by atoms with Gasteiger partial charge in [0, 0.05) is 32.3 Å². The van der Waals surface area contributed by atoms with Gasteiger partial charge in [0.15, 0.2) is 0 Å². The molecule has 0 aliphatic carbocycles. The number of ether oxygens (including phenoxy) is 1. The maximum Gasteiger partial charge on any atom is 0.0703 e. The fourth-order valence-electron chi connectivity index (χ4n) is 3.14. The second kappa shape index (κ2) is 5.39. The largest absolute Gasteiger partial charge is 0.377 e. The second-order valence-corrected chi connectivity index (χ2v) is 5.43. The van der Waals surface area contributed by atoms with Crippen molar-refractivity contribution in [3.63, 3.8) is 0 Å². The first kappa shape index (κ1) is 12.2. The molecule has 98 valence electrons. The molecular formula is C15H22N2O. The molecule has 3 nitrogen and oxygen atoms in total. The average Bonchev–Trinajstić information content (AvgIpc) is 2.91. The molecule has 3 heteroatoms. The van der Waals surface area contributed by atoms with E-state index in [1.54, 1.807) is 0 Å². The molecule has 3 rings (SSSR count). The molecule has 0 saturated carbocycles. The van der Waals surface area contributed by atoms with Crippen LogP contribution in [0.25, 0.3) is 0 Å². The lowest BCUT2D eigenvalue weighted by atomic mass is 9.93. The number of hydrogen-bond donors (Lipinski definition) is 1. The molecule has 1 aromatic rings. The van der Waals surface area contributed by atoms with Crippen molar-refractivity contribution in [2.24, 2.45) is 5.73 Å². The molecular weight excluding hydrogens is 224 g/mol. The summed E-state index contributed by atoms with van der Waals surface area (Å²) < 4.78 is 5.75. The summed E-state index contributed by atoms with van der Waals surface area (Å²) in [7, 11) is 0. The van der Waals surface area contributed by atoms with E-state index in [0.717, 1.165) is 32.7 Å². The Balaban J connectivity index is 1.73. The van der Waals surface area contributed by atoms with Crippen LogP contribution in [0.5, 0.6) is 0 Å². The van der Waals surface area contributed by atoms with Crippen LogP contribution in [0.4, 0.5) is 0 Å². The number of rotatable bonds is 3. The molecule has 0 amide bonds. The van der Waals surface area contributed by atoms with Gasteiger partial charge in [-0.3, -0.25) is 4.90 Å². The number of hydrogen-bond acceptors (Lipinski definition) is 3. The van der Waals surface area contributed by atoms with Crippen LogP contribution in [0.3, 0.4) is 0 Å². The summed E-state index contributed by atoms with van der Waals surface area (Å²) in [4.78, 5) is 2.51. The summed E-state index contributed by atoms with van der Waals surface area (Å²) >= 11 is 0. The van der Waals surface area contributed by atoms with Crippen molar-refractivity contribution in [2.75, 3.05) is 19.7 Å². The van der Waals surface area contributed by atoms with E-state index in [1.165, 1.54) is 24.0 Å². The van der Waals surface area contributed by atoms with Gasteiger partial charge in [-0.1, -0.05) is 24.3 Å². The Hall–Kier alpha value is -0.900. The van der Waals surface area contributed by atoms with Crippen molar-refractivity contribution >= 4 is 0 Å². The molecule has 0 spiro atoms. The van der Waals surface area contributed by atoms with Crippen LogP contribution in [-0.4, -0.2) is 36.7 Å². The van der Waals surface area contributed by atoms with Gasteiger partial charge >= 0.3 is 0 Å². The van der Waals surface area contributed by atoms with Gasteiger partial charge in [-0.2, -0.15) is 0 Å². The molecule has 18 heavy (non-hydrogen) atoms. The highest BCUT2D eigenvalue weighted by molar-refractivity contribution is 5.30. The van der Waals surface area contributed by atoms with Gasteiger partial charge in [0.25, 0.3) is 0 Å². The van der Waals surface area contributed by atoms with Gasteiger partial charge in [-0.05, 0) is 30.4 Å².